The molecule has 0 spiro atoms. The van der Waals surface area contributed by atoms with Crippen LogP contribution in [0.3, 0.4) is 0 Å². The van der Waals surface area contributed by atoms with Crippen molar-refractivity contribution in [2.24, 2.45) is 5.92 Å². The number of aliphatic hydroxyl groups excluding tert-OH is 1. The van der Waals surface area contributed by atoms with Crippen LogP contribution in [-0.2, 0) is 6.42 Å². The van der Waals surface area contributed by atoms with Crippen molar-refractivity contribution in [3.05, 3.63) is 96.1 Å². The van der Waals surface area contributed by atoms with E-state index in [1.807, 2.05) is 0 Å². The fourth-order valence-electron chi connectivity index (χ4n) is 3.75. The van der Waals surface area contributed by atoms with Crippen LogP contribution in [0.5, 0.6) is 0 Å². The van der Waals surface area contributed by atoms with Gasteiger partial charge in [0.15, 0.2) is 0 Å². The van der Waals surface area contributed by atoms with Gasteiger partial charge in [-0.25, -0.2) is 0 Å². The molecule has 0 aromatic heterocycles. The fourth-order valence-corrected chi connectivity index (χ4v) is 3.75. The zero-order chi connectivity index (χ0) is 18.9. The minimum absolute atomic E-state index is 0.173. The monoisotopic (exact) mass is 358 g/mol. The largest absolute Gasteiger partial charge is 0.396 e. The lowest BCUT2D eigenvalue weighted by Crippen LogP contribution is -2.18. The van der Waals surface area contributed by atoms with Crippen LogP contribution in [0.2, 0.25) is 0 Å². The van der Waals surface area contributed by atoms with Gasteiger partial charge in [0.25, 0.3) is 0 Å². The van der Waals surface area contributed by atoms with Crippen molar-refractivity contribution >= 4 is 10.8 Å². The van der Waals surface area contributed by atoms with Gasteiger partial charge in [0, 0.05) is 12.5 Å². The summed E-state index contributed by atoms with van der Waals surface area (Å²) in [4.78, 5) is 0. The van der Waals surface area contributed by atoms with Crippen LogP contribution in [0.1, 0.15) is 43.2 Å². The zero-order valence-corrected chi connectivity index (χ0v) is 16.2. The second kappa shape index (κ2) is 10.1. The van der Waals surface area contributed by atoms with Gasteiger partial charge in [0.05, 0.1) is 0 Å². The van der Waals surface area contributed by atoms with Gasteiger partial charge >= 0.3 is 0 Å². The SMILES string of the molecule is CCCC/C=C/[C@@H](c1ccccc1)[C@@H](CO)Cc1ccc2ccccc2c1. The van der Waals surface area contributed by atoms with Gasteiger partial charge in [0.1, 0.15) is 0 Å². The highest BCUT2D eigenvalue weighted by Crippen LogP contribution is 2.30. The number of allylic oxidation sites excluding steroid dienone is 2. The van der Waals surface area contributed by atoms with E-state index in [9.17, 15) is 5.11 Å². The molecule has 1 N–H and O–H groups in total. The molecule has 0 aliphatic rings. The fraction of sp³-hybridized carbons (Fsp3) is 0.308. The minimum Gasteiger partial charge on any atom is -0.396 e. The quantitative estimate of drug-likeness (QED) is 0.341. The first-order chi connectivity index (χ1) is 13.3. The van der Waals surface area contributed by atoms with E-state index in [0.717, 1.165) is 12.8 Å². The van der Waals surface area contributed by atoms with E-state index in [-0.39, 0.29) is 18.4 Å². The number of hydrogen-bond acceptors (Lipinski definition) is 1. The van der Waals surface area contributed by atoms with Crippen LogP contribution < -0.4 is 0 Å². The normalized spacial score (nSPS) is 13.9. The van der Waals surface area contributed by atoms with Crippen molar-refractivity contribution in [2.45, 2.75) is 38.5 Å². The Bertz CT molecular complexity index is 850. The number of fused-ring (bicyclic) bond motifs is 1. The summed E-state index contributed by atoms with van der Waals surface area (Å²) >= 11 is 0. The van der Waals surface area contributed by atoms with Crippen molar-refractivity contribution < 1.29 is 5.11 Å². The van der Waals surface area contributed by atoms with Gasteiger partial charge in [-0.05, 0) is 40.7 Å². The first kappa shape index (κ1) is 19.4. The van der Waals surface area contributed by atoms with Gasteiger partial charge in [-0.3, -0.25) is 0 Å². The maximum atomic E-state index is 10.2. The highest BCUT2D eigenvalue weighted by molar-refractivity contribution is 5.83. The van der Waals surface area contributed by atoms with Crippen molar-refractivity contribution in [1.29, 1.82) is 0 Å². The van der Waals surface area contributed by atoms with Gasteiger partial charge in [-0.15, -0.1) is 0 Å². The molecule has 0 amide bonds. The summed E-state index contributed by atoms with van der Waals surface area (Å²) in [7, 11) is 0. The zero-order valence-electron chi connectivity index (χ0n) is 16.2. The Morgan fingerprint density at radius 3 is 2.37 bits per heavy atom. The topological polar surface area (TPSA) is 20.2 Å². The van der Waals surface area contributed by atoms with E-state index in [2.05, 4.69) is 91.9 Å². The Morgan fingerprint density at radius 2 is 1.63 bits per heavy atom. The van der Waals surface area contributed by atoms with Gasteiger partial charge < -0.3 is 5.11 Å². The number of aliphatic hydroxyl groups is 1. The molecule has 0 unspecified atom stereocenters. The van der Waals surface area contributed by atoms with Crippen LogP contribution in [0, 0.1) is 5.92 Å². The highest BCUT2D eigenvalue weighted by atomic mass is 16.3. The summed E-state index contributed by atoms with van der Waals surface area (Å²) in [6.45, 7) is 2.41. The summed E-state index contributed by atoms with van der Waals surface area (Å²) in [5.41, 5.74) is 2.57. The Kier molecular flexibility index (Phi) is 7.24. The van der Waals surface area contributed by atoms with E-state index in [1.54, 1.807) is 0 Å². The summed E-state index contributed by atoms with van der Waals surface area (Å²) in [6.07, 6.45) is 9.01. The van der Waals surface area contributed by atoms with Gasteiger partial charge in [0.2, 0.25) is 0 Å². The number of unbranched alkanes of at least 4 members (excludes halogenated alkanes) is 2. The first-order valence-corrected chi connectivity index (χ1v) is 10.1. The molecule has 27 heavy (non-hydrogen) atoms. The van der Waals surface area contributed by atoms with E-state index < -0.39 is 0 Å². The second-order valence-electron chi connectivity index (χ2n) is 7.34. The maximum Gasteiger partial charge on any atom is 0.0471 e. The molecule has 1 heteroatoms. The second-order valence-corrected chi connectivity index (χ2v) is 7.34. The van der Waals surface area contributed by atoms with Crippen molar-refractivity contribution in [3.63, 3.8) is 0 Å². The molecule has 2 atom stereocenters. The smallest absolute Gasteiger partial charge is 0.0471 e. The highest BCUT2D eigenvalue weighted by Gasteiger charge is 2.20. The Labute approximate surface area is 163 Å². The van der Waals surface area contributed by atoms with Gasteiger partial charge in [-0.2, -0.15) is 0 Å². The molecular formula is C26H30O. The van der Waals surface area contributed by atoms with E-state index in [1.165, 1.54) is 34.7 Å². The van der Waals surface area contributed by atoms with Crippen LogP contribution in [0.25, 0.3) is 10.8 Å². The predicted octanol–water partition coefficient (Wildman–Crippen LogP) is 6.52. The van der Waals surface area contributed by atoms with Crippen LogP contribution in [-0.4, -0.2) is 11.7 Å². The molecule has 3 aromatic rings. The molecule has 0 aliphatic heterocycles. The van der Waals surface area contributed by atoms with Crippen LogP contribution >= 0.6 is 0 Å². The molecule has 1 nitrogen and oxygen atoms in total. The Morgan fingerprint density at radius 1 is 0.889 bits per heavy atom. The molecule has 0 heterocycles. The maximum absolute atomic E-state index is 10.2. The Balaban J connectivity index is 1.84. The average molecular weight is 359 g/mol. The molecule has 0 radical (unpaired) electrons. The molecule has 3 rings (SSSR count). The summed E-state index contributed by atoms with van der Waals surface area (Å²) < 4.78 is 0. The molecule has 0 saturated heterocycles. The lowest BCUT2D eigenvalue weighted by Gasteiger charge is -2.24. The van der Waals surface area contributed by atoms with Crippen LogP contribution in [0.15, 0.2) is 84.9 Å². The van der Waals surface area contributed by atoms with Gasteiger partial charge in [-0.1, -0.05) is 105 Å². The molecule has 0 bridgehead atoms. The van der Waals surface area contributed by atoms with Crippen molar-refractivity contribution in [2.75, 3.05) is 6.61 Å². The van der Waals surface area contributed by atoms with Crippen LogP contribution in [0.4, 0.5) is 0 Å². The summed E-state index contributed by atoms with van der Waals surface area (Å²) in [5.74, 6) is 0.408. The van der Waals surface area contributed by atoms with E-state index in [4.69, 9.17) is 0 Å². The predicted molar refractivity (Wildman–Crippen MR) is 116 cm³/mol. The molecule has 0 fully saturated rings. The minimum atomic E-state index is 0.173. The van der Waals surface area contributed by atoms with E-state index in [0.29, 0.717) is 0 Å². The number of rotatable bonds is 9. The standard InChI is InChI=1S/C26H30O/c1-2-3-4-8-15-26(23-12-6-5-7-13-23)25(20-27)19-21-16-17-22-11-9-10-14-24(22)18-21/h5-18,25-27H,2-4,19-20H2,1H3/b15-8+/t25-,26+/m1/s1. The van der Waals surface area contributed by atoms with E-state index >= 15 is 0 Å². The lowest BCUT2D eigenvalue weighted by molar-refractivity contribution is 0.214. The number of benzene rings is 3. The average Bonchev–Trinajstić information content (AvgIpc) is 2.73. The third kappa shape index (κ3) is 5.30. The Hall–Kier alpha value is -2.38. The molecule has 0 saturated carbocycles. The lowest BCUT2D eigenvalue weighted by atomic mass is 9.82. The molecule has 140 valence electrons. The molecule has 3 aromatic carbocycles. The molecule has 0 aliphatic carbocycles. The molecular weight excluding hydrogens is 328 g/mol. The third-order valence-electron chi connectivity index (χ3n) is 5.31. The van der Waals surface area contributed by atoms with Crippen molar-refractivity contribution in [1.82, 2.24) is 0 Å². The number of hydrogen-bond donors (Lipinski definition) is 1. The first-order valence-electron chi connectivity index (χ1n) is 10.1. The summed E-state index contributed by atoms with van der Waals surface area (Å²) in [6, 6.07) is 25.7. The summed E-state index contributed by atoms with van der Waals surface area (Å²) in [5, 5.41) is 12.7. The van der Waals surface area contributed by atoms with Crippen molar-refractivity contribution in [3.8, 4) is 0 Å². The third-order valence-corrected chi connectivity index (χ3v) is 5.31.